The number of rotatable bonds is 6. The summed E-state index contributed by atoms with van der Waals surface area (Å²) in [5.74, 6) is 1.51. The maximum Gasteiger partial charge on any atom is 0.238 e. The van der Waals surface area contributed by atoms with E-state index in [0.717, 1.165) is 10.7 Å². The standard InChI is InChI=1S/C17H21N3OS/c1-12(14-8-9-14)20-16(10-11-18-20)19-17(21)13(2)22-15-6-4-3-5-7-15/h3-7,10-14H,8-9H2,1-2H3,(H,19,21). The first-order chi connectivity index (χ1) is 10.6. The molecule has 1 aliphatic rings. The van der Waals surface area contributed by atoms with Crippen molar-refractivity contribution >= 4 is 23.5 Å². The smallest absolute Gasteiger partial charge is 0.238 e. The van der Waals surface area contributed by atoms with E-state index < -0.39 is 0 Å². The van der Waals surface area contributed by atoms with Crippen LogP contribution >= 0.6 is 11.8 Å². The van der Waals surface area contributed by atoms with E-state index in [0.29, 0.717) is 12.0 Å². The molecule has 2 unspecified atom stereocenters. The zero-order chi connectivity index (χ0) is 15.5. The highest BCUT2D eigenvalue weighted by atomic mass is 32.2. The fraction of sp³-hybridized carbons (Fsp3) is 0.412. The number of nitrogens with zero attached hydrogens (tertiary/aromatic N) is 2. The summed E-state index contributed by atoms with van der Waals surface area (Å²) in [4.78, 5) is 13.5. The lowest BCUT2D eigenvalue weighted by atomic mass is 10.2. The first kappa shape index (κ1) is 15.2. The van der Waals surface area contributed by atoms with Crippen molar-refractivity contribution in [1.29, 1.82) is 0 Å². The Kier molecular flexibility index (Phi) is 4.52. The number of nitrogens with one attached hydrogen (secondary N) is 1. The predicted octanol–water partition coefficient (Wildman–Crippen LogP) is 3.97. The summed E-state index contributed by atoms with van der Waals surface area (Å²) in [7, 11) is 0. The lowest BCUT2D eigenvalue weighted by molar-refractivity contribution is -0.115. The van der Waals surface area contributed by atoms with Crippen molar-refractivity contribution in [2.45, 2.75) is 42.9 Å². The van der Waals surface area contributed by atoms with Gasteiger partial charge in [-0.15, -0.1) is 11.8 Å². The number of carbonyl (C=O) groups excluding carboxylic acids is 1. The third kappa shape index (κ3) is 3.53. The fourth-order valence-corrected chi connectivity index (χ4v) is 3.39. The second-order valence-corrected chi connectivity index (χ2v) is 7.22. The average molecular weight is 315 g/mol. The van der Waals surface area contributed by atoms with Gasteiger partial charge >= 0.3 is 0 Å². The quantitative estimate of drug-likeness (QED) is 0.820. The Hall–Kier alpha value is -1.75. The number of aromatic nitrogens is 2. The predicted molar refractivity (Wildman–Crippen MR) is 90.1 cm³/mol. The molecule has 3 rings (SSSR count). The van der Waals surface area contributed by atoms with Crippen molar-refractivity contribution in [3.63, 3.8) is 0 Å². The number of carbonyl (C=O) groups is 1. The minimum Gasteiger partial charge on any atom is -0.310 e. The Balaban J connectivity index is 1.63. The van der Waals surface area contributed by atoms with Crippen LogP contribution in [-0.2, 0) is 4.79 Å². The summed E-state index contributed by atoms with van der Waals surface area (Å²) in [5, 5.41) is 7.23. The highest BCUT2D eigenvalue weighted by Crippen LogP contribution is 2.40. The first-order valence-electron chi connectivity index (χ1n) is 7.71. The molecule has 2 aromatic rings. The van der Waals surface area contributed by atoms with E-state index in [1.807, 2.05) is 48.0 Å². The Labute approximate surface area is 135 Å². The molecule has 1 saturated carbocycles. The highest BCUT2D eigenvalue weighted by Gasteiger charge is 2.31. The van der Waals surface area contributed by atoms with Crippen molar-refractivity contribution < 1.29 is 4.79 Å². The maximum atomic E-state index is 12.4. The first-order valence-corrected chi connectivity index (χ1v) is 8.59. The van der Waals surface area contributed by atoms with Crippen molar-refractivity contribution in [3.05, 3.63) is 42.6 Å². The van der Waals surface area contributed by atoms with Crippen LogP contribution in [0.3, 0.4) is 0 Å². The number of benzene rings is 1. The van der Waals surface area contributed by atoms with Gasteiger partial charge in [-0.1, -0.05) is 18.2 Å². The Morgan fingerprint density at radius 2 is 2.00 bits per heavy atom. The van der Waals surface area contributed by atoms with Gasteiger partial charge in [0.15, 0.2) is 0 Å². The zero-order valence-electron chi connectivity index (χ0n) is 12.9. The van der Waals surface area contributed by atoms with Gasteiger partial charge in [0.25, 0.3) is 0 Å². The van der Waals surface area contributed by atoms with E-state index in [4.69, 9.17) is 0 Å². The van der Waals surface area contributed by atoms with Crippen LogP contribution in [0.25, 0.3) is 0 Å². The van der Waals surface area contributed by atoms with Gasteiger partial charge in [-0.3, -0.25) is 4.79 Å². The van der Waals surface area contributed by atoms with Crippen LogP contribution in [0.1, 0.15) is 32.7 Å². The largest absolute Gasteiger partial charge is 0.310 e. The number of hydrogen-bond donors (Lipinski definition) is 1. The average Bonchev–Trinajstić information content (AvgIpc) is 3.27. The number of hydrogen-bond acceptors (Lipinski definition) is 3. The van der Waals surface area contributed by atoms with Gasteiger partial charge in [-0.2, -0.15) is 5.10 Å². The molecule has 0 saturated heterocycles. The Bertz CT molecular complexity index is 636. The molecule has 22 heavy (non-hydrogen) atoms. The third-order valence-electron chi connectivity index (χ3n) is 4.04. The normalized spacial score (nSPS) is 17.0. The van der Waals surface area contributed by atoms with Crippen LogP contribution < -0.4 is 5.32 Å². The molecule has 1 aromatic carbocycles. The van der Waals surface area contributed by atoms with Gasteiger partial charge in [-0.25, -0.2) is 4.68 Å². The van der Waals surface area contributed by atoms with Crippen molar-refractivity contribution in [1.82, 2.24) is 9.78 Å². The topological polar surface area (TPSA) is 46.9 Å². The summed E-state index contributed by atoms with van der Waals surface area (Å²) in [6.45, 7) is 4.10. The molecular weight excluding hydrogens is 294 g/mol. The second-order valence-electron chi connectivity index (χ2n) is 5.80. The van der Waals surface area contributed by atoms with Crippen LogP contribution in [0.4, 0.5) is 5.82 Å². The Morgan fingerprint density at radius 1 is 1.27 bits per heavy atom. The van der Waals surface area contributed by atoms with Crippen LogP contribution in [-0.4, -0.2) is 20.9 Å². The minimum absolute atomic E-state index is 0.0126. The lowest BCUT2D eigenvalue weighted by Crippen LogP contribution is -2.25. The van der Waals surface area contributed by atoms with Gasteiger partial charge in [0, 0.05) is 11.0 Å². The van der Waals surface area contributed by atoms with Gasteiger partial charge in [-0.05, 0) is 44.7 Å². The minimum atomic E-state index is -0.151. The maximum absolute atomic E-state index is 12.4. The Morgan fingerprint density at radius 3 is 2.68 bits per heavy atom. The molecule has 0 bridgehead atoms. The number of amides is 1. The van der Waals surface area contributed by atoms with Crippen molar-refractivity contribution in [2.75, 3.05) is 5.32 Å². The van der Waals surface area contributed by atoms with Gasteiger partial charge < -0.3 is 5.32 Å². The summed E-state index contributed by atoms with van der Waals surface area (Å²) in [6.07, 6.45) is 4.27. The molecule has 1 heterocycles. The van der Waals surface area contributed by atoms with Crippen LogP contribution in [0.15, 0.2) is 47.5 Å². The molecule has 116 valence electrons. The SMILES string of the molecule is CC(Sc1ccccc1)C(=O)Nc1ccnn1C(C)C1CC1. The van der Waals surface area contributed by atoms with E-state index in [2.05, 4.69) is 17.3 Å². The summed E-state index contributed by atoms with van der Waals surface area (Å²) >= 11 is 1.56. The molecule has 1 N–H and O–H groups in total. The van der Waals surface area contributed by atoms with Gasteiger partial charge in [0.05, 0.1) is 17.5 Å². The number of anilines is 1. The van der Waals surface area contributed by atoms with Crippen molar-refractivity contribution in [2.24, 2.45) is 5.92 Å². The van der Waals surface area contributed by atoms with Crippen LogP contribution in [0.5, 0.6) is 0 Å². The fourth-order valence-electron chi connectivity index (χ4n) is 2.50. The second kappa shape index (κ2) is 6.57. The monoisotopic (exact) mass is 315 g/mol. The summed E-state index contributed by atoms with van der Waals surface area (Å²) in [6, 6.07) is 12.2. The van der Waals surface area contributed by atoms with Gasteiger partial charge in [0.1, 0.15) is 5.82 Å². The third-order valence-corrected chi connectivity index (χ3v) is 5.15. The molecule has 1 amide bonds. The van der Waals surface area contributed by atoms with Gasteiger partial charge in [0.2, 0.25) is 5.91 Å². The van der Waals surface area contributed by atoms with E-state index in [1.54, 1.807) is 18.0 Å². The van der Waals surface area contributed by atoms with E-state index in [1.165, 1.54) is 12.8 Å². The molecule has 0 aliphatic heterocycles. The summed E-state index contributed by atoms with van der Waals surface area (Å²) in [5.41, 5.74) is 0. The molecule has 2 atom stereocenters. The lowest BCUT2D eigenvalue weighted by Gasteiger charge is -2.17. The van der Waals surface area contributed by atoms with E-state index in [9.17, 15) is 4.79 Å². The van der Waals surface area contributed by atoms with Crippen LogP contribution in [0.2, 0.25) is 0 Å². The number of thioether (sulfide) groups is 1. The molecule has 1 fully saturated rings. The van der Waals surface area contributed by atoms with E-state index in [-0.39, 0.29) is 11.2 Å². The van der Waals surface area contributed by atoms with Crippen LogP contribution in [0, 0.1) is 5.92 Å². The molecule has 0 spiro atoms. The summed E-state index contributed by atoms with van der Waals surface area (Å²) < 4.78 is 1.94. The molecular formula is C17H21N3OS. The molecule has 4 nitrogen and oxygen atoms in total. The molecule has 1 aliphatic carbocycles. The van der Waals surface area contributed by atoms with E-state index >= 15 is 0 Å². The van der Waals surface area contributed by atoms with Crippen molar-refractivity contribution in [3.8, 4) is 0 Å². The highest BCUT2D eigenvalue weighted by molar-refractivity contribution is 8.00. The molecule has 1 aromatic heterocycles. The molecule has 0 radical (unpaired) electrons. The zero-order valence-corrected chi connectivity index (χ0v) is 13.7. The molecule has 5 heteroatoms.